The second-order valence-corrected chi connectivity index (χ2v) is 5.50. The van der Waals surface area contributed by atoms with E-state index >= 15 is 0 Å². The summed E-state index contributed by atoms with van der Waals surface area (Å²) < 4.78 is 35.9. The van der Waals surface area contributed by atoms with Crippen molar-refractivity contribution < 1.29 is 27.9 Å². The lowest BCUT2D eigenvalue weighted by Crippen LogP contribution is -2.48. The van der Waals surface area contributed by atoms with Gasteiger partial charge in [0.05, 0.1) is 12.0 Å². The highest BCUT2D eigenvalue weighted by atomic mass is 19.4. The molecule has 1 aliphatic heterocycles. The number of hydrogen-bond donors (Lipinski definition) is 2. The normalized spacial score (nSPS) is 19.2. The van der Waals surface area contributed by atoms with E-state index in [2.05, 4.69) is 0 Å². The number of carboxylic acids is 1. The number of rotatable bonds is 6. The maximum absolute atomic E-state index is 12.0. The van der Waals surface area contributed by atoms with E-state index in [1.165, 1.54) is 0 Å². The largest absolute Gasteiger partial charge is 0.481 e. The molecule has 0 spiro atoms. The van der Waals surface area contributed by atoms with Gasteiger partial charge in [0, 0.05) is 0 Å². The van der Waals surface area contributed by atoms with E-state index in [4.69, 9.17) is 0 Å². The molecule has 0 unspecified atom stereocenters. The second kappa shape index (κ2) is 7.11. The molecule has 1 rings (SSSR count). The fourth-order valence-corrected chi connectivity index (χ4v) is 2.65. The third-order valence-corrected chi connectivity index (χ3v) is 3.85. The molecule has 1 aliphatic rings. The molecule has 0 aromatic carbocycles. The van der Waals surface area contributed by atoms with Crippen molar-refractivity contribution in [1.82, 2.24) is 10.2 Å². The highest BCUT2D eigenvalue weighted by Crippen LogP contribution is 2.36. The van der Waals surface area contributed by atoms with Crippen LogP contribution in [0.25, 0.3) is 0 Å². The number of aliphatic carboxylic acids is 1. The van der Waals surface area contributed by atoms with Crippen molar-refractivity contribution >= 4 is 11.9 Å². The van der Waals surface area contributed by atoms with Crippen LogP contribution < -0.4 is 5.32 Å². The molecule has 0 radical (unpaired) electrons. The van der Waals surface area contributed by atoms with E-state index in [0.717, 1.165) is 6.42 Å². The van der Waals surface area contributed by atoms with E-state index in [0.29, 0.717) is 32.4 Å². The first-order chi connectivity index (χ1) is 9.68. The Hall–Kier alpha value is -1.31. The number of piperidine rings is 1. The molecule has 2 N–H and O–H groups in total. The van der Waals surface area contributed by atoms with E-state index < -0.39 is 30.0 Å². The molecule has 122 valence electrons. The quantitative estimate of drug-likeness (QED) is 0.782. The van der Waals surface area contributed by atoms with Gasteiger partial charge >= 0.3 is 12.1 Å². The summed E-state index contributed by atoms with van der Waals surface area (Å²) in [7, 11) is 0. The Morgan fingerprint density at radius 2 is 1.86 bits per heavy atom. The molecule has 1 amide bonds. The summed E-state index contributed by atoms with van der Waals surface area (Å²) in [5.41, 5.74) is -0.756. The smallest absolute Gasteiger partial charge is 0.405 e. The number of nitrogens with one attached hydrogen (secondary N) is 1. The summed E-state index contributed by atoms with van der Waals surface area (Å²) in [6, 6.07) is 0. The molecular formula is C13H21F3N2O3. The minimum absolute atomic E-state index is 0.127. The molecule has 0 atom stereocenters. The summed E-state index contributed by atoms with van der Waals surface area (Å²) >= 11 is 0. The van der Waals surface area contributed by atoms with Crippen LogP contribution in [0, 0.1) is 5.41 Å². The molecule has 0 saturated carbocycles. The molecule has 0 aliphatic carbocycles. The number of alkyl halides is 3. The fourth-order valence-electron chi connectivity index (χ4n) is 2.65. The van der Waals surface area contributed by atoms with Crippen LogP contribution in [-0.4, -0.2) is 54.2 Å². The van der Waals surface area contributed by atoms with Crippen LogP contribution in [0.1, 0.15) is 32.6 Å². The molecule has 0 aromatic rings. The van der Waals surface area contributed by atoms with E-state index in [1.807, 2.05) is 12.2 Å². The molecule has 1 fully saturated rings. The van der Waals surface area contributed by atoms with Crippen molar-refractivity contribution in [3.05, 3.63) is 0 Å². The molecule has 0 bridgehead atoms. The average Bonchev–Trinajstić information content (AvgIpc) is 2.38. The van der Waals surface area contributed by atoms with Crippen LogP contribution in [0.3, 0.4) is 0 Å². The van der Waals surface area contributed by atoms with Crippen molar-refractivity contribution in [2.24, 2.45) is 5.41 Å². The Bertz CT molecular complexity index is 377. The predicted octanol–water partition coefficient (Wildman–Crippen LogP) is 1.63. The first-order valence-corrected chi connectivity index (χ1v) is 6.98. The third kappa shape index (κ3) is 5.53. The molecule has 1 saturated heterocycles. The lowest BCUT2D eigenvalue weighted by atomic mass is 9.75. The molecule has 21 heavy (non-hydrogen) atoms. The zero-order valence-corrected chi connectivity index (χ0v) is 12.0. The van der Waals surface area contributed by atoms with Crippen LogP contribution in [0.15, 0.2) is 0 Å². The first-order valence-electron chi connectivity index (χ1n) is 6.98. The van der Waals surface area contributed by atoms with Crippen molar-refractivity contribution in [2.45, 2.75) is 38.8 Å². The Morgan fingerprint density at radius 3 is 2.29 bits per heavy atom. The minimum Gasteiger partial charge on any atom is -0.481 e. The standard InChI is InChI=1S/C13H21F3N2O3/c1-2-3-12(11(20)21)4-6-18(7-5-12)8-10(19)17-9-13(14,15)16/h2-9H2,1H3,(H,17,19)(H,20,21). The summed E-state index contributed by atoms with van der Waals surface area (Å²) in [5, 5.41) is 11.2. The summed E-state index contributed by atoms with van der Waals surface area (Å²) in [6.45, 7) is 1.27. The van der Waals surface area contributed by atoms with Gasteiger partial charge in [-0.3, -0.25) is 14.5 Å². The lowest BCUT2D eigenvalue weighted by molar-refractivity contribution is -0.153. The number of likely N-dealkylation sites (tertiary alicyclic amines) is 1. The van der Waals surface area contributed by atoms with Crippen LogP contribution in [0.5, 0.6) is 0 Å². The number of amides is 1. The topological polar surface area (TPSA) is 69.6 Å². The van der Waals surface area contributed by atoms with Gasteiger partial charge in [0.25, 0.3) is 0 Å². The predicted molar refractivity (Wildman–Crippen MR) is 69.7 cm³/mol. The Morgan fingerprint density at radius 1 is 1.29 bits per heavy atom. The molecular weight excluding hydrogens is 289 g/mol. The highest BCUT2D eigenvalue weighted by Gasteiger charge is 2.40. The minimum atomic E-state index is -4.42. The number of carbonyl (C=O) groups is 2. The summed E-state index contributed by atoms with van der Waals surface area (Å²) in [5.74, 6) is -1.52. The second-order valence-electron chi connectivity index (χ2n) is 5.50. The van der Waals surface area contributed by atoms with Crippen molar-refractivity contribution in [1.29, 1.82) is 0 Å². The zero-order valence-electron chi connectivity index (χ0n) is 12.0. The maximum Gasteiger partial charge on any atom is 0.405 e. The van der Waals surface area contributed by atoms with Gasteiger partial charge in [0.2, 0.25) is 5.91 Å². The number of carbonyl (C=O) groups excluding carboxylic acids is 1. The monoisotopic (exact) mass is 310 g/mol. The van der Waals surface area contributed by atoms with Gasteiger partial charge in [-0.25, -0.2) is 0 Å². The molecule has 0 aromatic heterocycles. The number of halogens is 3. The number of carboxylic acid groups (broad SMARTS) is 1. The highest BCUT2D eigenvalue weighted by molar-refractivity contribution is 5.78. The van der Waals surface area contributed by atoms with E-state index in [9.17, 15) is 27.9 Å². The fraction of sp³-hybridized carbons (Fsp3) is 0.846. The summed E-state index contributed by atoms with van der Waals surface area (Å²) in [6.07, 6.45) is -2.24. The lowest BCUT2D eigenvalue weighted by Gasteiger charge is -2.38. The Labute approximate surface area is 121 Å². The van der Waals surface area contributed by atoms with Crippen molar-refractivity contribution in [2.75, 3.05) is 26.2 Å². The van der Waals surface area contributed by atoms with Gasteiger partial charge in [0.1, 0.15) is 6.54 Å². The van der Waals surface area contributed by atoms with Gasteiger partial charge in [0.15, 0.2) is 0 Å². The van der Waals surface area contributed by atoms with Crippen molar-refractivity contribution in [3.8, 4) is 0 Å². The molecule has 8 heteroatoms. The number of hydrogen-bond acceptors (Lipinski definition) is 3. The van der Waals surface area contributed by atoms with Gasteiger partial charge in [-0.05, 0) is 32.4 Å². The average molecular weight is 310 g/mol. The Kier molecular flexibility index (Phi) is 6.00. The zero-order chi connectivity index (χ0) is 16.1. The molecule has 5 nitrogen and oxygen atoms in total. The van der Waals surface area contributed by atoms with Crippen LogP contribution in [0.2, 0.25) is 0 Å². The third-order valence-electron chi connectivity index (χ3n) is 3.85. The van der Waals surface area contributed by atoms with Gasteiger partial charge in [-0.2, -0.15) is 13.2 Å². The van der Waals surface area contributed by atoms with E-state index in [-0.39, 0.29) is 6.54 Å². The number of nitrogens with zero attached hydrogens (tertiary/aromatic N) is 1. The summed E-state index contributed by atoms with van der Waals surface area (Å²) in [4.78, 5) is 24.5. The maximum atomic E-state index is 12.0. The van der Waals surface area contributed by atoms with Crippen LogP contribution >= 0.6 is 0 Å². The van der Waals surface area contributed by atoms with Crippen LogP contribution in [0.4, 0.5) is 13.2 Å². The van der Waals surface area contributed by atoms with Gasteiger partial charge < -0.3 is 10.4 Å². The van der Waals surface area contributed by atoms with Gasteiger partial charge in [-0.15, -0.1) is 0 Å². The molecule has 1 heterocycles. The van der Waals surface area contributed by atoms with Crippen molar-refractivity contribution in [3.63, 3.8) is 0 Å². The SMILES string of the molecule is CCCC1(C(=O)O)CCN(CC(=O)NCC(F)(F)F)CC1. The van der Waals surface area contributed by atoms with Crippen LogP contribution in [-0.2, 0) is 9.59 Å². The first kappa shape index (κ1) is 17.7. The van der Waals surface area contributed by atoms with Gasteiger partial charge in [-0.1, -0.05) is 13.3 Å². The Balaban J connectivity index is 2.42. The van der Waals surface area contributed by atoms with E-state index in [1.54, 1.807) is 4.90 Å².